The van der Waals surface area contributed by atoms with Crippen LogP contribution in [-0.2, 0) is 35.3 Å². The second-order valence-electron chi connectivity index (χ2n) is 24.0. The first-order valence-electron chi connectivity index (χ1n) is 28.4. The average Bonchev–Trinajstić information content (AvgIpc) is 4.44. The van der Waals surface area contributed by atoms with Crippen LogP contribution in [0.1, 0.15) is 146 Å². The topological polar surface area (TPSA) is 110 Å². The number of hydrogen-bond acceptors (Lipinski definition) is 6. The summed E-state index contributed by atoms with van der Waals surface area (Å²) in [6, 6.07) is 38.9. The molecule has 8 heteroatoms. The molecule has 8 nitrogen and oxygen atoms in total. The van der Waals surface area contributed by atoms with E-state index in [9.17, 15) is 9.59 Å². The Hall–Kier alpha value is -7.32. The molecule has 76 heavy (non-hydrogen) atoms. The zero-order chi connectivity index (χ0) is 50.9. The summed E-state index contributed by atoms with van der Waals surface area (Å²) in [4.78, 5) is 45.0. The molecule has 6 aliphatic carbocycles. The van der Waals surface area contributed by atoms with E-state index in [2.05, 4.69) is 157 Å². The third kappa shape index (κ3) is 7.29. The number of aromatic amines is 2. The maximum absolute atomic E-state index is 13.1. The van der Waals surface area contributed by atoms with Gasteiger partial charge < -0.3 is 19.4 Å². The number of ether oxygens (including phenoxy) is 2. The molecule has 0 spiro atoms. The Bertz CT molecular complexity index is 3700. The third-order valence-corrected chi connectivity index (χ3v) is 20.3. The molecule has 0 saturated heterocycles. The van der Waals surface area contributed by atoms with Crippen LogP contribution < -0.4 is 9.47 Å². The fourth-order valence-electron chi connectivity index (χ4n) is 16.5. The van der Waals surface area contributed by atoms with Crippen molar-refractivity contribution in [1.82, 2.24) is 19.9 Å². The number of hydrogen-bond donors (Lipinski definition) is 2. The van der Waals surface area contributed by atoms with Crippen molar-refractivity contribution in [3.8, 4) is 45.3 Å². The van der Waals surface area contributed by atoms with Crippen LogP contribution >= 0.6 is 0 Å². The Balaban J connectivity index is 0.872. The quantitative estimate of drug-likeness (QED) is 0.172. The lowest BCUT2D eigenvalue weighted by Gasteiger charge is -2.48. The number of benzene rings is 4. The highest BCUT2D eigenvalue weighted by atomic mass is 16.5. The molecule has 0 amide bonds. The van der Waals surface area contributed by atoms with Crippen molar-refractivity contribution >= 4 is 46.9 Å². The average molecular weight is 1000 g/mol. The summed E-state index contributed by atoms with van der Waals surface area (Å²) in [5.74, 6) is 7.05. The highest BCUT2D eigenvalue weighted by Crippen LogP contribution is 2.61. The van der Waals surface area contributed by atoms with Crippen molar-refractivity contribution in [2.24, 2.45) is 34.5 Å². The molecule has 3 aliphatic heterocycles. The van der Waals surface area contributed by atoms with Gasteiger partial charge in [-0.05, 0) is 207 Å². The Morgan fingerprint density at radius 2 is 0.974 bits per heavy atom. The van der Waals surface area contributed by atoms with Crippen LogP contribution in [-0.4, -0.2) is 31.5 Å². The van der Waals surface area contributed by atoms with Crippen molar-refractivity contribution in [3.63, 3.8) is 0 Å². The van der Waals surface area contributed by atoms with E-state index in [0.29, 0.717) is 52.8 Å². The van der Waals surface area contributed by atoms with Crippen LogP contribution in [0.2, 0.25) is 0 Å². The van der Waals surface area contributed by atoms with E-state index >= 15 is 0 Å². The Kier molecular flexibility index (Phi) is 10.7. The zero-order valence-electron chi connectivity index (χ0n) is 43.6. The number of ketones is 2. The van der Waals surface area contributed by atoms with Gasteiger partial charge in [-0.2, -0.15) is 0 Å². The molecule has 8 bridgehead atoms. The maximum atomic E-state index is 13.1. The predicted molar refractivity (Wildman–Crippen MR) is 301 cm³/mol. The van der Waals surface area contributed by atoms with Gasteiger partial charge in [-0.25, -0.2) is 9.97 Å². The highest BCUT2D eigenvalue weighted by molar-refractivity contribution is 5.93. The summed E-state index contributed by atoms with van der Waals surface area (Å²) in [5.41, 5.74) is 16.5. The van der Waals surface area contributed by atoms with E-state index in [0.717, 1.165) is 175 Å². The van der Waals surface area contributed by atoms with Crippen LogP contribution in [0.3, 0.4) is 0 Å². The van der Waals surface area contributed by atoms with E-state index in [1.54, 1.807) is 0 Å². The number of H-pyrrole nitrogens is 2. The second-order valence-corrected chi connectivity index (χ2v) is 24.0. The number of fused-ring (bicyclic) bond motifs is 18. The van der Waals surface area contributed by atoms with Gasteiger partial charge >= 0.3 is 0 Å². The number of aryl methyl sites for hydroxylation is 4. The number of nitrogens with one attached hydrogen (secondary N) is 2. The van der Waals surface area contributed by atoms with Gasteiger partial charge in [0.25, 0.3) is 0 Å². The van der Waals surface area contributed by atoms with Gasteiger partial charge in [-0.1, -0.05) is 86.6 Å². The van der Waals surface area contributed by atoms with Gasteiger partial charge in [0.15, 0.2) is 11.5 Å². The largest absolute Gasteiger partial charge is 0.453 e. The fourth-order valence-corrected chi connectivity index (χ4v) is 16.5. The number of carbonyl (C=O) groups is 2. The molecular formula is C68H64N4O4. The number of carbonyl (C=O) groups excluding carboxylic acids is 2. The van der Waals surface area contributed by atoms with Gasteiger partial charge in [0.05, 0.1) is 22.6 Å². The number of Topliss-reactive ketones (excluding diaryl/α,β-unsaturated/α-hetero) is 2. The molecule has 2 aromatic heterocycles. The van der Waals surface area contributed by atoms with Crippen molar-refractivity contribution in [3.05, 3.63) is 166 Å². The summed E-state index contributed by atoms with van der Waals surface area (Å²) in [6.07, 6.45) is 21.9. The summed E-state index contributed by atoms with van der Waals surface area (Å²) < 4.78 is 14.4. The van der Waals surface area contributed by atoms with Crippen molar-refractivity contribution in [1.29, 1.82) is 0 Å². The van der Waals surface area contributed by atoms with Crippen LogP contribution in [0.15, 0.2) is 109 Å². The molecule has 6 aromatic rings. The molecular weight excluding hydrogens is 937 g/mol. The standard InChI is InChI=1S/C68H64N4O4/c1-67-35-33-47-45-19-15-43(37-41(45)13-17-49(47)51(67)21-31-61(67)73)75-65-57-27-23-53(69-57)63(39-9-5-3-6-10-39)55-25-29-59(71-55)66(60-30-26-56(72-60)64(40-11-7-4-8-12-40)54-24-28-58(65)70-54)76-44-16-20-46-42(38-44)14-18-50-48(46)34-36-68(2)52(50)22-32-62(68)74/h3-12,15-16,19-20,23-25,27-29,37-38,47-52,69,72H,13-14,17-18,21-22,26,30-36H2,1-2H3/t47-,48-,49-,50-,51+,52+,67+,68+/m1/s1. The molecule has 2 N–H and O–H groups in total. The SMILES string of the molecule is C[C@]12CC[C@@H]3c4ccc(Oc5c6nc(c(-c7ccccc7)c7ccc([nH]7)c(Oc7ccc8c(c7)CC[C@@H]7[C@@H]8CC[C@]8(C)C(=O)CC[C@@H]78)c7nc(c(-c8ccccc8)c8[nH]c5CC8)C=C7)C=C6)cc4CC[C@H]3[C@@H]1CCC2=O. The Morgan fingerprint density at radius 1 is 0.474 bits per heavy atom. The molecule has 0 radical (unpaired) electrons. The van der Waals surface area contributed by atoms with Crippen LogP contribution in [0.25, 0.3) is 57.6 Å². The lowest BCUT2D eigenvalue weighted by molar-refractivity contribution is -0.130. The number of nitrogens with zero attached hydrogens (tertiary/aromatic N) is 2. The molecule has 4 aromatic carbocycles. The molecule has 4 fully saturated rings. The van der Waals surface area contributed by atoms with Crippen LogP contribution in [0, 0.1) is 34.5 Å². The second kappa shape index (κ2) is 17.6. The molecule has 15 rings (SSSR count). The van der Waals surface area contributed by atoms with E-state index in [4.69, 9.17) is 19.4 Å². The smallest absolute Gasteiger partial charge is 0.176 e. The normalized spacial score (nSPS) is 27.2. The summed E-state index contributed by atoms with van der Waals surface area (Å²) >= 11 is 0. The molecule has 8 atom stereocenters. The summed E-state index contributed by atoms with van der Waals surface area (Å²) in [6.45, 7) is 4.51. The van der Waals surface area contributed by atoms with E-state index < -0.39 is 0 Å². The first-order valence-corrected chi connectivity index (χ1v) is 28.4. The summed E-state index contributed by atoms with van der Waals surface area (Å²) in [5, 5.41) is 0. The van der Waals surface area contributed by atoms with Crippen LogP contribution in [0.5, 0.6) is 23.0 Å². The molecule has 4 saturated carbocycles. The monoisotopic (exact) mass is 1000 g/mol. The van der Waals surface area contributed by atoms with Gasteiger partial charge in [0.1, 0.15) is 34.5 Å². The van der Waals surface area contributed by atoms with Crippen molar-refractivity contribution in [2.45, 2.75) is 116 Å². The third-order valence-electron chi connectivity index (χ3n) is 20.3. The van der Waals surface area contributed by atoms with Gasteiger partial charge in [-0.15, -0.1) is 0 Å². The first kappa shape index (κ1) is 46.0. The Morgan fingerprint density at radius 3 is 1.57 bits per heavy atom. The van der Waals surface area contributed by atoms with Gasteiger partial charge in [-0.3, -0.25) is 9.59 Å². The van der Waals surface area contributed by atoms with Gasteiger partial charge in [0, 0.05) is 46.0 Å². The first-order chi connectivity index (χ1) is 37.2. The fraction of sp³-hybridized carbons (Fsp3) is 0.353. The van der Waals surface area contributed by atoms with E-state index in [1.165, 1.54) is 22.3 Å². The number of aromatic nitrogens is 4. The lowest BCUT2D eigenvalue weighted by atomic mass is 9.55. The summed E-state index contributed by atoms with van der Waals surface area (Å²) in [7, 11) is 0. The molecule has 380 valence electrons. The highest BCUT2D eigenvalue weighted by Gasteiger charge is 2.56. The van der Waals surface area contributed by atoms with E-state index in [-0.39, 0.29) is 10.8 Å². The molecule has 9 aliphatic rings. The lowest BCUT2D eigenvalue weighted by Crippen LogP contribution is -2.42. The predicted octanol–water partition coefficient (Wildman–Crippen LogP) is 15.9. The van der Waals surface area contributed by atoms with Gasteiger partial charge in [0.2, 0.25) is 0 Å². The number of rotatable bonds is 6. The van der Waals surface area contributed by atoms with Crippen LogP contribution in [0.4, 0.5) is 0 Å². The van der Waals surface area contributed by atoms with E-state index in [1.807, 2.05) is 0 Å². The minimum Gasteiger partial charge on any atom is -0.453 e. The molecule has 5 heterocycles. The Labute approximate surface area is 444 Å². The maximum Gasteiger partial charge on any atom is 0.176 e. The molecule has 0 unspecified atom stereocenters. The zero-order valence-corrected chi connectivity index (χ0v) is 43.6. The van der Waals surface area contributed by atoms with Crippen molar-refractivity contribution in [2.75, 3.05) is 0 Å². The van der Waals surface area contributed by atoms with Crippen molar-refractivity contribution < 1.29 is 19.1 Å². The minimum atomic E-state index is -0.144. The minimum absolute atomic E-state index is 0.141.